The summed E-state index contributed by atoms with van der Waals surface area (Å²) in [6.45, 7) is 9.73. The monoisotopic (exact) mass is 1470 g/mol. The number of carbonyl (C=O) groups is 4. The molecule has 0 aromatic heterocycles. The van der Waals surface area contributed by atoms with Gasteiger partial charge in [-0.2, -0.15) is 0 Å². The van der Waals surface area contributed by atoms with Crippen molar-refractivity contribution in [1.82, 2.24) is 0 Å². The van der Waals surface area contributed by atoms with Crippen LogP contribution in [0.15, 0.2) is 0 Å². The first-order valence-corrected chi connectivity index (χ1v) is 45.1. The average Bonchev–Trinajstić information content (AvgIpc) is 0.914. The largest absolute Gasteiger partial charge is 0.472 e. The number of phosphoric ester groups is 2. The van der Waals surface area contributed by atoms with Crippen LogP contribution in [-0.2, 0) is 65.4 Å². The van der Waals surface area contributed by atoms with E-state index in [0.29, 0.717) is 25.7 Å². The first kappa shape index (κ1) is 98.1. The van der Waals surface area contributed by atoms with E-state index in [1.54, 1.807) is 0 Å². The molecule has 0 aromatic carbocycles. The van der Waals surface area contributed by atoms with E-state index in [9.17, 15) is 43.2 Å². The predicted molar refractivity (Wildman–Crippen MR) is 409 cm³/mol. The van der Waals surface area contributed by atoms with Gasteiger partial charge in [0.15, 0.2) is 12.2 Å². The maximum atomic E-state index is 13.1. The molecule has 0 radical (unpaired) electrons. The van der Waals surface area contributed by atoms with Gasteiger partial charge in [-0.05, 0) is 37.5 Å². The lowest BCUT2D eigenvalue weighted by Crippen LogP contribution is -2.30. The van der Waals surface area contributed by atoms with Gasteiger partial charge in [-0.15, -0.1) is 0 Å². The molecule has 0 saturated carbocycles. The zero-order valence-electron chi connectivity index (χ0n) is 65.5. The maximum absolute atomic E-state index is 13.1. The fraction of sp³-hybridized carbons (Fsp3) is 0.951. The van der Waals surface area contributed by atoms with Gasteiger partial charge in [-0.1, -0.05) is 375 Å². The first-order chi connectivity index (χ1) is 48.4. The Hall–Kier alpha value is -1.94. The Morgan fingerprint density at radius 3 is 0.710 bits per heavy atom. The third kappa shape index (κ3) is 71.7. The highest BCUT2D eigenvalue weighted by Gasteiger charge is 2.30. The van der Waals surface area contributed by atoms with E-state index in [2.05, 4.69) is 41.5 Å². The third-order valence-corrected chi connectivity index (χ3v) is 21.6. The number of aliphatic hydroxyl groups is 1. The summed E-state index contributed by atoms with van der Waals surface area (Å²) in [6.07, 6.45) is 62.4. The molecule has 0 fully saturated rings. The van der Waals surface area contributed by atoms with E-state index < -0.39 is 97.5 Å². The lowest BCUT2D eigenvalue weighted by Gasteiger charge is -2.21. The van der Waals surface area contributed by atoms with Crippen molar-refractivity contribution in [2.24, 2.45) is 11.8 Å². The van der Waals surface area contributed by atoms with Gasteiger partial charge in [-0.25, -0.2) is 9.13 Å². The summed E-state index contributed by atoms with van der Waals surface area (Å²) in [6, 6.07) is 0. The zero-order chi connectivity index (χ0) is 73.5. The zero-order valence-corrected chi connectivity index (χ0v) is 67.3. The summed E-state index contributed by atoms with van der Waals surface area (Å²) in [5, 5.41) is 10.6. The molecule has 7 atom stereocenters. The van der Waals surface area contributed by atoms with Crippen LogP contribution < -0.4 is 0 Å². The van der Waals surface area contributed by atoms with Crippen LogP contribution in [0.25, 0.3) is 0 Å². The van der Waals surface area contributed by atoms with E-state index in [0.717, 1.165) is 102 Å². The molecule has 0 amide bonds. The molecule has 0 aliphatic heterocycles. The molecule has 19 heteroatoms. The van der Waals surface area contributed by atoms with Crippen LogP contribution in [0.4, 0.5) is 0 Å². The van der Waals surface area contributed by atoms with Crippen LogP contribution in [0.2, 0.25) is 0 Å². The number of ether oxygens (including phenoxy) is 4. The minimum absolute atomic E-state index is 0.107. The number of aliphatic hydroxyl groups excluding tert-OH is 1. The Morgan fingerprint density at radius 1 is 0.280 bits per heavy atom. The molecule has 4 unspecified atom stereocenters. The molecular weight excluding hydrogens is 1310 g/mol. The number of rotatable bonds is 80. The standard InChI is InChI=1S/C81H158O17P2/c1-7-11-13-15-17-19-39-45-51-57-63-78(83)91-69-76(97-80(85)65-59-53-47-40-20-18-16-14-12-8-2)71-95-99(87,88)93-67-75(82)68-94-100(89,90)96-72-77(70-92-79(84)64-58-52-46-41-35-31-28-27-30-34-38-44-50-56-62-74(6)10-4)98-81(86)66-60-54-48-42-36-32-26-24-22-21-23-25-29-33-37-43-49-55-61-73(5)9-3/h73-77,82H,7-72H2,1-6H3,(H,87,88)(H,89,90)/t73?,74?,75-,76+,77+/m0/s1. The molecule has 3 N–H and O–H groups in total. The second-order valence-corrected chi connectivity index (χ2v) is 32.6. The molecule has 0 spiro atoms. The van der Waals surface area contributed by atoms with Crippen LogP contribution in [0.5, 0.6) is 0 Å². The molecule has 594 valence electrons. The van der Waals surface area contributed by atoms with Crippen molar-refractivity contribution in [3.8, 4) is 0 Å². The van der Waals surface area contributed by atoms with Crippen molar-refractivity contribution < 1.29 is 80.2 Å². The van der Waals surface area contributed by atoms with Gasteiger partial charge in [0.05, 0.1) is 26.4 Å². The van der Waals surface area contributed by atoms with Crippen LogP contribution in [0.1, 0.15) is 427 Å². The van der Waals surface area contributed by atoms with Crippen molar-refractivity contribution in [3.63, 3.8) is 0 Å². The van der Waals surface area contributed by atoms with E-state index in [-0.39, 0.29) is 25.7 Å². The molecule has 0 heterocycles. The van der Waals surface area contributed by atoms with E-state index in [1.807, 2.05) is 0 Å². The molecule has 17 nitrogen and oxygen atoms in total. The number of carbonyl (C=O) groups excluding carboxylic acids is 4. The van der Waals surface area contributed by atoms with Gasteiger partial charge in [0.1, 0.15) is 19.3 Å². The van der Waals surface area contributed by atoms with Crippen molar-refractivity contribution in [2.75, 3.05) is 39.6 Å². The Bertz CT molecular complexity index is 1930. The molecule has 100 heavy (non-hydrogen) atoms. The van der Waals surface area contributed by atoms with Gasteiger partial charge >= 0.3 is 39.5 Å². The van der Waals surface area contributed by atoms with Crippen LogP contribution in [0, 0.1) is 11.8 Å². The summed E-state index contributed by atoms with van der Waals surface area (Å²) in [7, 11) is -9.91. The number of phosphoric acid groups is 2. The molecule has 0 saturated heterocycles. The summed E-state index contributed by atoms with van der Waals surface area (Å²) < 4.78 is 68.6. The normalized spacial score (nSPS) is 14.4. The molecular formula is C81H158O17P2. The Balaban J connectivity index is 5.19. The Morgan fingerprint density at radius 2 is 0.480 bits per heavy atom. The van der Waals surface area contributed by atoms with E-state index in [4.69, 9.17) is 37.0 Å². The number of hydrogen-bond donors (Lipinski definition) is 3. The quantitative estimate of drug-likeness (QED) is 0.0222. The average molecular weight is 1470 g/mol. The predicted octanol–water partition coefficient (Wildman–Crippen LogP) is 24.3. The summed E-state index contributed by atoms with van der Waals surface area (Å²) in [4.78, 5) is 72.9. The van der Waals surface area contributed by atoms with Crippen LogP contribution in [0.3, 0.4) is 0 Å². The maximum Gasteiger partial charge on any atom is 0.472 e. The van der Waals surface area contributed by atoms with Crippen LogP contribution >= 0.6 is 15.6 Å². The van der Waals surface area contributed by atoms with Crippen molar-refractivity contribution >= 4 is 39.5 Å². The van der Waals surface area contributed by atoms with Crippen molar-refractivity contribution in [1.29, 1.82) is 0 Å². The molecule has 0 bridgehead atoms. The number of esters is 4. The number of unbranched alkanes of at least 4 members (excludes halogenated alkanes) is 48. The molecule has 0 aliphatic rings. The van der Waals surface area contributed by atoms with Gasteiger partial charge in [0.25, 0.3) is 0 Å². The highest BCUT2D eigenvalue weighted by atomic mass is 31.2. The molecule has 0 aromatic rings. The Labute approximate surface area is 613 Å². The third-order valence-electron chi connectivity index (χ3n) is 19.7. The smallest absolute Gasteiger partial charge is 0.462 e. The SMILES string of the molecule is CCCCCCCCCCCCC(=O)OC[C@H](COP(=O)(O)OC[C@H](O)COP(=O)(O)OC[C@@H](COC(=O)CCCCCCCCCCCCCCCCC(C)CC)OC(=O)CCCCCCCCCCCCCCCCCCCCC(C)CC)OC(=O)CCCCCCCCCCCC. The van der Waals surface area contributed by atoms with Gasteiger partial charge < -0.3 is 33.8 Å². The van der Waals surface area contributed by atoms with E-state index in [1.165, 1.54) is 244 Å². The second-order valence-electron chi connectivity index (χ2n) is 29.6. The van der Waals surface area contributed by atoms with Gasteiger partial charge in [-0.3, -0.25) is 37.3 Å². The van der Waals surface area contributed by atoms with Crippen molar-refractivity contribution in [3.05, 3.63) is 0 Å². The van der Waals surface area contributed by atoms with E-state index >= 15 is 0 Å². The minimum Gasteiger partial charge on any atom is -0.462 e. The highest BCUT2D eigenvalue weighted by molar-refractivity contribution is 7.47. The van der Waals surface area contributed by atoms with Crippen LogP contribution in [-0.4, -0.2) is 96.7 Å². The second kappa shape index (κ2) is 72.6. The summed E-state index contributed by atoms with van der Waals surface area (Å²) in [5.41, 5.74) is 0. The minimum atomic E-state index is -4.96. The van der Waals surface area contributed by atoms with Gasteiger partial charge in [0, 0.05) is 25.7 Å². The summed E-state index contributed by atoms with van der Waals surface area (Å²) >= 11 is 0. The van der Waals surface area contributed by atoms with Gasteiger partial charge in [0.2, 0.25) is 0 Å². The van der Waals surface area contributed by atoms with Crippen molar-refractivity contribution in [2.45, 2.75) is 445 Å². The highest BCUT2D eigenvalue weighted by Crippen LogP contribution is 2.45. The lowest BCUT2D eigenvalue weighted by molar-refractivity contribution is -0.161. The summed E-state index contributed by atoms with van der Waals surface area (Å²) in [5.74, 6) is -0.389. The fourth-order valence-electron chi connectivity index (χ4n) is 12.5. The number of hydrogen-bond acceptors (Lipinski definition) is 15. The molecule has 0 rings (SSSR count). The molecule has 0 aliphatic carbocycles. The fourth-order valence-corrected chi connectivity index (χ4v) is 14.1. The topological polar surface area (TPSA) is 237 Å². The first-order valence-electron chi connectivity index (χ1n) is 42.1. The lowest BCUT2D eigenvalue weighted by atomic mass is 9.99. The Kier molecular flexibility index (Phi) is 71.2.